The molecule has 0 aliphatic heterocycles. The first-order chi connectivity index (χ1) is 9.71. The third kappa shape index (κ3) is 5.45. The van der Waals surface area contributed by atoms with Crippen molar-refractivity contribution in [1.82, 2.24) is 10.6 Å². The van der Waals surface area contributed by atoms with Crippen LogP contribution in [0.25, 0.3) is 0 Å². The fraction of sp³-hybridized carbons (Fsp3) is 0.500. The number of aryl methyl sites for hydroxylation is 1. The Morgan fingerprint density at radius 3 is 2.38 bits per heavy atom. The first-order valence-corrected chi connectivity index (χ1v) is 7.03. The van der Waals surface area contributed by atoms with E-state index in [1.54, 1.807) is 0 Å². The Morgan fingerprint density at radius 2 is 1.86 bits per heavy atom. The zero-order valence-electron chi connectivity index (χ0n) is 13.1. The molecule has 0 heterocycles. The molecule has 3 N–H and O–H groups in total. The van der Waals surface area contributed by atoms with E-state index in [0.29, 0.717) is 0 Å². The first-order valence-electron chi connectivity index (χ1n) is 7.03. The zero-order chi connectivity index (χ0) is 16.0. The Bertz CT molecular complexity index is 506. The number of carbonyl (C=O) groups excluding carboxylic acids is 1. The summed E-state index contributed by atoms with van der Waals surface area (Å²) < 4.78 is 0. The van der Waals surface area contributed by atoms with Crippen LogP contribution < -0.4 is 10.6 Å². The van der Waals surface area contributed by atoms with Crippen LogP contribution in [0.15, 0.2) is 24.3 Å². The first kappa shape index (κ1) is 17.0. The molecule has 0 aliphatic rings. The summed E-state index contributed by atoms with van der Waals surface area (Å²) in [4.78, 5) is 22.4. The van der Waals surface area contributed by atoms with Crippen LogP contribution in [-0.2, 0) is 4.79 Å². The van der Waals surface area contributed by atoms with Crippen molar-refractivity contribution in [2.45, 2.75) is 40.2 Å². The SMILES string of the molecule is Cc1ccccc1C(NC(=O)NCCC(=O)O)C(C)(C)C. The van der Waals surface area contributed by atoms with Crippen LogP contribution >= 0.6 is 0 Å². The molecule has 0 spiro atoms. The second-order valence-corrected chi connectivity index (χ2v) is 6.20. The summed E-state index contributed by atoms with van der Waals surface area (Å²) in [5, 5.41) is 14.1. The molecule has 116 valence electrons. The maximum Gasteiger partial charge on any atom is 0.315 e. The standard InChI is InChI=1S/C16H24N2O3/c1-11-7-5-6-8-12(11)14(16(2,3)4)18-15(21)17-10-9-13(19)20/h5-8,14H,9-10H2,1-4H3,(H,19,20)(H2,17,18,21). The van der Waals surface area contributed by atoms with E-state index < -0.39 is 5.97 Å². The molecule has 0 radical (unpaired) electrons. The second kappa shape index (κ2) is 7.11. The molecule has 0 saturated heterocycles. The van der Waals surface area contributed by atoms with Crippen molar-refractivity contribution in [3.05, 3.63) is 35.4 Å². The van der Waals surface area contributed by atoms with E-state index in [2.05, 4.69) is 31.4 Å². The average molecular weight is 292 g/mol. The minimum absolute atomic E-state index is 0.0853. The number of amides is 2. The Kier molecular flexibility index (Phi) is 5.76. The van der Waals surface area contributed by atoms with Gasteiger partial charge < -0.3 is 15.7 Å². The van der Waals surface area contributed by atoms with Crippen LogP contribution in [0.4, 0.5) is 4.79 Å². The number of carbonyl (C=O) groups is 2. The number of aliphatic carboxylic acids is 1. The molecule has 2 amide bonds. The largest absolute Gasteiger partial charge is 0.481 e. The smallest absolute Gasteiger partial charge is 0.315 e. The van der Waals surface area contributed by atoms with Crippen molar-refractivity contribution >= 4 is 12.0 Å². The quantitative estimate of drug-likeness (QED) is 0.781. The minimum atomic E-state index is -0.929. The van der Waals surface area contributed by atoms with Crippen molar-refractivity contribution in [3.63, 3.8) is 0 Å². The van der Waals surface area contributed by atoms with Gasteiger partial charge in [0.15, 0.2) is 0 Å². The molecule has 1 atom stereocenters. The van der Waals surface area contributed by atoms with E-state index in [1.165, 1.54) is 0 Å². The highest BCUT2D eigenvalue weighted by Crippen LogP contribution is 2.34. The monoisotopic (exact) mass is 292 g/mol. The Hall–Kier alpha value is -2.04. The topological polar surface area (TPSA) is 78.4 Å². The molecule has 1 aromatic rings. The number of nitrogens with one attached hydrogen (secondary N) is 2. The summed E-state index contributed by atoms with van der Waals surface area (Å²) in [5.41, 5.74) is 2.03. The van der Waals surface area contributed by atoms with Crippen LogP contribution in [0, 0.1) is 12.3 Å². The number of benzene rings is 1. The zero-order valence-corrected chi connectivity index (χ0v) is 13.1. The molecular formula is C16H24N2O3. The van der Waals surface area contributed by atoms with Gasteiger partial charge in [-0.2, -0.15) is 0 Å². The molecule has 5 nitrogen and oxygen atoms in total. The molecule has 0 aromatic heterocycles. The number of carboxylic acid groups (broad SMARTS) is 1. The van der Waals surface area contributed by atoms with Gasteiger partial charge in [-0.25, -0.2) is 4.79 Å². The molecule has 0 saturated carbocycles. The Labute approximate surface area is 125 Å². The van der Waals surface area contributed by atoms with Gasteiger partial charge in [-0.15, -0.1) is 0 Å². The van der Waals surface area contributed by atoms with Crippen LogP contribution in [-0.4, -0.2) is 23.7 Å². The molecule has 0 bridgehead atoms. The lowest BCUT2D eigenvalue weighted by molar-refractivity contribution is -0.136. The summed E-state index contributed by atoms with van der Waals surface area (Å²) in [7, 11) is 0. The Balaban J connectivity index is 2.79. The summed E-state index contributed by atoms with van der Waals surface area (Å²) >= 11 is 0. The Morgan fingerprint density at radius 1 is 1.24 bits per heavy atom. The van der Waals surface area contributed by atoms with Gasteiger partial charge >= 0.3 is 12.0 Å². The van der Waals surface area contributed by atoms with Gasteiger partial charge in [-0.1, -0.05) is 45.0 Å². The highest BCUT2D eigenvalue weighted by molar-refractivity contribution is 5.75. The third-order valence-corrected chi connectivity index (χ3v) is 3.27. The van der Waals surface area contributed by atoms with Gasteiger partial charge in [0.2, 0.25) is 0 Å². The molecule has 1 rings (SSSR count). The molecule has 1 unspecified atom stereocenters. The van der Waals surface area contributed by atoms with Crippen molar-refractivity contribution in [2.24, 2.45) is 5.41 Å². The lowest BCUT2D eigenvalue weighted by Crippen LogP contribution is -2.43. The van der Waals surface area contributed by atoms with Crippen LogP contribution in [0.2, 0.25) is 0 Å². The lowest BCUT2D eigenvalue weighted by atomic mass is 9.81. The lowest BCUT2D eigenvalue weighted by Gasteiger charge is -2.33. The highest BCUT2D eigenvalue weighted by atomic mass is 16.4. The van der Waals surface area contributed by atoms with E-state index in [-0.39, 0.29) is 30.5 Å². The summed E-state index contributed by atoms with van der Waals surface area (Å²) in [6, 6.07) is 7.43. The molecule has 5 heteroatoms. The number of hydrogen-bond acceptors (Lipinski definition) is 2. The number of hydrogen-bond donors (Lipinski definition) is 3. The molecule has 1 aromatic carbocycles. The number of carboxylic acids is 1. The van der Waals surface area contributed by atoms with Crippen molar-refractivity contribution in [2.75, 3.05) is 6.54 Å². The second-order valence-electron chi connectivity index (χ2n) is 6.20. The summed E-state index contributed by atoms with van der Waals surface area (Å²) in [6.45, 7) is 8.30. The van der Waals surface area contributed by atoms with Gasteiger partial charge in [-0.3, -0.25) is 4.79 Å². The predicted molar refractivity (Wildman–Crippen MR) is 82.2 cm³/mol. The fourth-order valence-electron chi connectivity index (χ4n) is 2.14. The van der Waals surface area contributed by atoms with Crippen LogP contribution in [0.5, 0.6) is 0 Å². The van der Waals surface area contributed by atoms with Gasteiger partial charge in [-0.05, 0) is 23.5 Å². The number of rotatable bonds is 5. The van der Waals surface area contributed by atoms with E-state index in [0.717, 1.165) is 11.1 Å². The average Bonchev–Trinajstić information content (AvgIpc) is 2.35. The normalized spacial score (nSPS) is 12.6. The van der Waals surface area contributed by atoms with Gasteiger partial charge in [0, 0.05) is 6.54 Å². The third-order valence-electron chi connectivity index (χ3n) is 3.27. The van der Waals surface area contributed by atoms with Gasteiger partial charge in [0.05, 0.1) is 12.5 Å². The van der Waals surface area contributed by atoms with Crippen LogP contribution in [0.3, 0.4) is 0 Å². The van der Waals surface area contributed by atoms with Crippen molar-refractivity contribution < 1.29 is 14.7 Å². The minimum Gasteiger partial charge on any atom is -0.481 e. The highest BCUT2D eigenvalue weighted by Gasteiger charge is 2.28. The van der Waals surface area contributed by atoms with E-state index in [9.17, 15) is 9.59 Å². The van der Waals surface area contributed by atoms with Gasteiger partial charge in [0.25, 0.3) is 0 Å². The van der Waals surface area contributed by atoms with Crippen molar-refractivity contribution in [1.29, 1.82) is 0 Å². The molecule has 0 fully saturated rings. The van der Waals surface area contributed by atoms with E-state index in [4.69, 9.17) is 5.11 Å². The maximum atomic E-state index is 12.0. The van der Waals surface area contributed by atoms with Crippen LogP contribution in [0.1, 0.15) is 44.4 Å². The summed E-state index contributed by atoms with van der Waals surface area (Å²) in [5.74, 6) is -0.929. The molecule has 0 aliphatic carbocycles. The summed E-state index contributed by atoms with van der Waals surface area (Å²) in [6.07, 6.45) is -0.0853. The number of urea groups is 1. The van der Waals surface area contributed by atoms with Crippen molar-refractivity contribution in [3.8, 4) is 0 Å². The molecular weight excluding hydrogens is 268 g/mol. The van der Waals surface area contributed by atoms with Gasteiger partial charge in [0.1, 0.15) is 0 Å². The fourth-order valence-corrected chi connectivity index (χ4v) is 2.14. The molecule has 21 heavy (non-hydrogen) atoms. The van der Waals surface area contributed by atoms with E-state index in [1.807, 2.05) is 31.2 Å². The maximum absolute atomic E-state index is 12.0. The predicted octanol–water partition coefficient (Wildman–Crippen LogP) is 2.86. The van der Waals surface area contributed by atoms with E-state index >= 15 is 0 Å².